The maximum atomic E-state index is 12.0. The van der Waals surface area contributed by atoms with Crippen LogP contribution in [0.1, 0.15) is 33.6 Å². The molecular weight excluding hydrogens is 258 g/mol. The number of nitrogens with one attached hydrogen (secondary N) is 2. The molecule has 2 amide bonds. The highest BCUT2D eigenvalue weighted by Crippen LogP contribution is 2.18. The van der Waals surface area contributed by atoms with E-state index in [0.29, 0.717) is 19.0 Å². The number of carbonyl (C=O) groups is 2. The van der Waals surface area contributed by atoms with Crippen molar-refractivity contribution in [2.75, 3.05) is 33.2 Å². The van der Waals surface area contributed by atoms with E-state index in [1.807, 2.05) is 20.8 Å². The first kappa shape index (κ1) is 16.8. The summed E-state index contributed by atoms with van der Waals surface area (Å²) < 4.78 is 5.39. The molecule has 0 aromatic heterocycles. The van der Waals surface area contributed by atoms with Gasteiger partial charge in [0.15, 0.2) is 0 Å². The lowest BCUT2D eigenvalue weighted by atomic mass is 9.98. The van der Waals surface area contributed by atoms with Crippen LogP contribution in [0.2, 0.25) is 0 Å². The molecule has 0 saturated carbocycles. The topological polar surface area (TPSA) is 70.7 Å². The molecule has 0 aromatic rings. The van der Waals surface area contributed by atoms with Crippen molar-refractivity contribution in [1.29, 1.82) is 0 Å². The summed E-state index contributed by atoms with van der Waals surface area (Å²) in [6, 6.07) is 0. The summed E-state index contributed by atoms with van der Waals surface area (Å²) in [6.45, 7) is 8.12. The fourth-order valence-corrected chi connectivity index (χ4v) is 2.20. The van der Waals surface area contributed by atoms with Gasteiger partial charge in [-0.25, -0.2) is 4.79 Å². The molecule has 1 atom stereocenters. The van der Waals surface area contributed by atoms with E-state index in [2.05, 4.69) is 10.6 Å². The summed E-state index contributed by atoms with van der Waals surface area (Å²) in [5, 5.41) is 5.69. The van der Waals surface area contributed by atoms with Gasteiger partial charge in [-0.3, -0.25) is 4.79 Å². The van der Waals surface area contributed by atoms with Gasteiger partial charge in [0.1, 0.15) is 5.60 Å². The predicted molar refractivity (Wildman–Crippen MR) is 77.5 cm³/mol. The van der Waals surface area contributed by atoms with Gasteiger partial charge < -0.3 is 20.3 Å². The van der Waals surface area contributed by atoms with Crippen LogP contribution in [0, 0.1) is 5.92 Å². The van der Waals surface area contributed by atoms with E-state index < -0.39 is 5.60 Å². The molecule has 6 nitrogen and oxygen atoms in total. The zero-order valence-corrected chi connectivity index (χ0v) is 13.0. The molecule has 1 unspecified atom stereocenters. The lowest BCUT2D eigenvalue weighted by molar-refractivity contribution is -0.119. The number of likely N-dealkylation sites (N-methyl/N-ethyl adjacent to an activating group) is 1. The van der Waals surface area contributed by atoms with Crippen LogP contribution in [-0.2, 0) is 9.53 Å². The summed E-state index contributed by atoms with van der Waals surface area (Å²) in [4.78, 5) is 24.9. The van der Waals surface area contributed by atoms with Crippen LogP contribution in [0.5, 0.6) is 0 Å². The number of hydrogen-bond donors (Lipinski definition) is 2. The third-order valence-electron chi connectivity index (χ3n) is 3.17. The molecule has 0 aromatic carbocycles. The Morgan fingerprint density at radius 1 is 1.35 bits per heavy atom. The van der Waals surface area contributed by atoms with Crippen molar-refractivity contribution in [2.24, 2.45) is 5.92 Å². The number of likely N-dealkylation sites (tertiary alicyclic amines) is 1. The highest BCUT2D eigenvalue weighted by Gasteiger charge is 2.27. The molecule has 1 rings (SSSR count). The van der Waals surface area contributed by atoms with Gasteiger partial charge in [0, 0.05) is 26.7 Å². The summed E-state index contributed by atoms with van der Waals surface area (Å²) in [5.41, 5.74) is -0.457. The van der Waals surface area contributed by atoms with Crippen LogP contribution in [0.4, 0.5) is 4.79 Å². The van der Waals surface area contributed by atoms with Gasteiger partial charge in [0.05, 0.1) is 6.54 Å². The molecule has 0 spiro atoms. The average molecular weight is 285 g/mol. The fraction of sp³-hybridized carbons (Fsp3) is 0.857. The molecule has 1 aliphatic rings. The quantitative estimate of drug-likeness (QED) is 0.807. The number of nitrogens with zero attached hydrogens (tertiary/aromatic N) is 1. The molecule has 1 saturated heterocycles. The van der Waals surface area contributed by atoms with Crippen molar-refractivity contribution in [3.63, 3.8) is 0 Å². The van der Waals surface area contributed by atoms with E-state index >= 15 is 0 Å². The Kier molecular flexibility index (Phi) is 6.26. The first-order chi connectivity index (χ1) is 9.31. The lowest BCUT2D eigenvalue weighted by Crippen LogP contribution is -2.45. The van der Waals surface area contributed by atoms with E-state index in [9.17, 15) is 9.59 Å². The van der Waals surface area contributed by atoms with Crippen LogP contribution in [0.15, 0.2) is 0 Å². The molecule has 20 heavy (non-hydrogen) atoms. The third kappa shape index (κ3) is 6.23. The largest absolute Gasteiger partial charge is 0.444 e. The van der Waals surface area contributed by atoms with Gasteiger partial charge in [0.25, 0.3) is 0 Å². The first-order valence-corrected chi connectivity index (χ1v) is 7.21. The zero-order valence-electron chi connectivity index (χ0n) is 13.0. The highest BCUT2D eigenvalue weighted by molar-refractivity contribution is 5.77. The molecule has 1 fully saturated rings. The van der Waals surface area contributed by atoms with Crippen molar-refractivity contribution >= 4 is 12.0 Å². The second-order valence-corrected chi connectivity index (χ2v) is 6.24. The molecule has 0 aliphatic carbocycles. The molecule has 1 heterocycles. The number of amides is 2. The van der Waals surface area contributed by atoms with E-state index in [1.54, 1.807) is 11.9 Å². The van der Waals surface area contributed by atoms with Gasteiger partial charge in [0.2, 0.25) is 5.91 Å². The molecule has 0 bridgehead atoms. The second kappa shape index (κ2) is 7.47. The third-order valence-corrected chi connectivity index (χ3v) is 3.17. The molecule has 2 N–H and O–H groups in total. The van der Waals surface area contributed by atoms with Crippen molar-refractivity contribution in [3.8, 4) is 0 Å². The number of hydrogen-bond acceptors (Lipinski definition) is 4. The Balaban J connectivity index is 2.35. The number of piperidine rings is 1. The summed E-state index contributed by atoms with van der Waals surface area (Å²) in [5.74, 6) is 0.353. The number of carbonyl (C=O) groups excluding carboxylic acids is 2. The minimum atomic E-state index is -0.457. The monoisotopic (exact) mass is 285 g/mol. The Morgan fingerprint density at radius 2 is 2.05 bits per heavy atom. The lowest BCUT2D eigenvalue weighted by Gasteiger charge is -2.34. The summed E-state index contributed by atoms with van der Waals surface area (Å²) >= 11 is 0. The van der Waals surface area contributed by atoms with E-state index in [-0.39, 0.29) is 12.0 Å². The highest BCUT2D eigenvalue weighted by atomic mass is 16.6. The van der Waals surface area contributed by atoms with Crippen molar-refractivity contribution in [3.05, 3.63) is 0 Å². The number of rotatable bonds is 4. The normalized spacial score (nSPS) is 19.6. The van der Waals surface area contributed by atoms with Crippen molar-refractivity contribution < 1.29 is 14.3 Å². The van der Waals surface area contributed by atoms with Gasteiger partial charge in [-0.05, 0) is 39.5 Å². The van der Waals surface area contributed by atoms with Crippen LogP contribution in [-0.4, -0.2) is 55.7 Å². The van der Waals surface area contributed by atoms with Crippen LogP contribution >= 0.6 is 0 Å². The predicted octanol–water partition coefficient (Wildman–Crippen LogP) is 0.969. The van der Waals surface area contributed by atoms with E-state index in [0.717, 1.165) is 25.9 Å². The maximum Gasteiger partial charge on any atom is 0.410 e. The smallest absolute Gasteiger partial charge is 0.410 e. The Morgan fingerprint density at radius 3 is 2.65 bits per heavy atom. The fourth-order valence-electron chi connectivity index (χ4n) is 2.20. The average Bonchev–Trinajstić information content (AvgIpc) is 2.37. The standard InChI is InChI=1S/C14H27N3O3/c1-14(2,3)20-13(19)17-7-5-6-11(10-17)8-16-9-12(18)15-4/h11,16H,5-10H2,1-4H3,(H,15,18). The van der Waals surface area contributed by atoms with Gasteiger partial charge in [-0.2, -0.15) is 0 Å². The Hall–Kier alpha value is -1.30. The van der Waals surface area contributed by atoms with Crippen LogP contribution < -0.4 is 10.6 Å². The van der Waals surface area contributed by atoms with Gasteiger partial charge in [-0.1, -0.05) is 0 Å². The maximum absolute atomic E-state index is 12.0. The zero-order chi connectivity index (χ0) is 15.2. The molecule has 6 heteroatoms. The first-order valence-electron chi connectivity index (χ1n) is 7.21. The SMILES string of the molecule is CNC(=O)CNCC1CCCN(C(=O)OC(C)(C)C)C1. The van der Waals surface area contributed by atoms with Crippen molar-refractivity contribution in [1.82, 2.24) is 15.5 Å². The van der Waals surface area contributed by atoms with Crippen molar-refractivity contribution in [2.45, 2.75) is 39.2 Å². The summed E-state index contributed by atoms with van der Waals surface area (Å²) in [6.07, 6.45) is 1.81. The van der Waals surface area contributed by atoms with Crippen LogP contribution in [0.25, 0.3) is 0 Å². The summed E-state index contributed by atoms with van der Waals surface area (Å²) in [7, 11) is 1.62. The molecular formula is C14H27N3O3. The molecule has 116 valence electrons. The molecule has 0 radical (unpaired) electrons. The van der Waals surface area contributed by atoms with Crippen LogP contribution in [0.3, 0.4) is 0 Å². The Labute approximate surface area is 121 Å². The van der Waals surface area contributed by atoms with E-state index in [1.165, 1.54) is 0 Å². The van der Waals surface area contributed by atoms with Gasteiger partial charge in [-0.15, -0.1) is 0 Å². The number of ether oxygens (including phenoxy) is 1. The Bertz CT molecular complexity index is 339. The minimum absolute atomic E-state index is 0.0233. The minimum Gasteiger partial charge on any atom is -0.444 e. The second-order valence-electron chi connectivity index (χ2n) is 6.24. The molecule has 1 aliphatic heterocycles. The van der Waals surface area contributed by atoms with E-state index in [4.69, 9.17) is 4.74 Å². The van der Waals surface area contributed by atoms with Gasteiger partial charge >= 0.3 is 6.09 Å².